The number of aromatic nitrogens is 1. The van der Waals surface area contributed by atoms with Crippen molar-refractivity contribution in [2.45, 2.75) is 6.04 Å². The van der Waals surface area contributed by atoms with Gasteiger partial charge >= 0.3 is 0 Å². The van der Waals surface area contributed by atoms with Crippen LogP contribution in [0, 0.1) is 0 Å². The van der Waals surface area contributed by atoms with Crippen molar-refractivity contribution in [1.29, 1.82) is 0 Å². The summed E-state index contributed by atoms with van der Waals surface area (Å²) in [4.78, 5) is 33.0. The molecule has 0 aliphatic carbocycles. The number of carbonyl (C=O) groups is 2. The van der Waals surface area contributed by atoms with Gasteiger partial charge in [-0.2, -0.15) is 0 Å². The number of rotatable bonds is 4. The van der Waals surface area contributed by atoms with E-state index in [1.54, 1.807) is 42.5 Å². The third kappa shape index (κ3) is 3.65. The van der Waals surface area contributed by atoms with Crippen molar-refractivity contribution >= 4 is 76.9 Å². The van der Waals surface area contributed by atoms with E-state index in [0.29, 0.717) is 26.8 Å². The molecule has 3 heterocycles. The normalized spacial score (nSPS) is 16.1. The highest BCUT2D eigenvalue weighted by molar-refractivity contribution is 9.10. The van der Waals surface area contributed by atoms with E-state index in [-0.39, 0.29) is 11.3 Å². The van der Waals surface area contributed by atoms with Crippen molar-refractivity contribution < 1.29 is 19.1 Å². The minimum absolute atomic E-state index is 0.0422. The fraction of sp³-hybridized carbons (Fsp3) is 0.0385. The smallest absolute Gasteiger partial charge is 0.296 e. The maximum Gasteiger partial charge on any atom is 0.296 e. The lowest BCUT2D eigenvalue weighted by Crippen LogP contribution is -2.30. The summed E-state index contributed by atoms with van der Waals surface area (Å²) < 4.78 is 7.39. The van der Waals surface area contributed by atoms with Gasteiger partial charge in [0, 0.05) is 14.9 Å². The van der Waals surface area contributed by atoms with E-state index in [9.17, 15) is 14.7 Å². The van der Waals surface area contributed by atoms with Gasteiger partial charge in [0.2, 0.25) is 5.78 Å². The number of aliphatic hydroxyl groups is 1. The second kappa shape index (κ2) is 8.34. The number of para-hydroxylation sites is 1. The molecule has 35 heavy (non-hydrogen) atoms. The molecule has 5 aromatic rings. The lowest BCUT2D eigenvalue weighted by atomic mass is 9.95. The minimum Gasteiger partial charge on any atom is -0.503 e. The first-order valence-corrected chi connectivity index (χ1v) is 12.5. The van der Waals surface area contributed by atoms with Crippen molar-refractivity contribution in [2.24, 2.45) is 0 Å². The number of nitrogens with zero attached hydrogens (tertiary/aromatic N) is 2. The fourth-order valence-electron chi connectivity index (χ4n) is 4.21. The maximum atomic E-state index is 13.7. The molecule has 1 aliphatic heterocycles. The van der Waals surface area contributed by atoms with Crippen LogP contribution in [0.3, 0.4) is 0 Å². The number of furan rings is 1. The number of hydrogen-bond donors (Lipinski definition) is 1. The molecule has 1 amide bonds. The molecule has 2 aromatic heterocycles. The van der Waals surface area contributed by atoms with Gasteiger partial charge in [-0.1, -0.05) is 69.2 Å². The Hall–Kier alpha value is -3.46. The molecule has 1 atom stereocenters. The monoisotopic (exact) mass is 564 g/mol. The Bertz CT molecular complexity index is 1660. The van der Waals surface area contributed by atoms with Crippen molar-refractivity contribution in [3.05, 3.63) is 105 Å². The molecule has 1 aliphatic rings. The molecule has 1 N–H and O–H groups in total. The van der Waals surface area contributed by atoms with E-state index in [2.05, 4.69) is 20.9 Å². The van der Waals surface area contributed by atoms with Crippen molar-refractivity contribution in [1.82, 2.24) is 4.98 Å². The highest BCUT2D eigenvalue weighted by Crippen LogP contribution is 2.44. The lowest BCUT2D eigenvalue weighted by Gasteiger charge is -2.24. The van der Waals surface area contributed by atoms with Crippen LogP contribution in [0.4, 0.5) is 5.13 Å². The highest BCUT2D eigenvalue weighted by Gasteiger charge is 2.46. The molecule has 172 valence electrons. The number of amides is 1. The molecule has 0 spiro atoms. The number of aliphatic hydroxyl groups excluding tert-OH is 1. The summed E-state index contributed by atoms with van der Waals surface area (Å²) in [6.07, 6.45) is 0. The Labute approximate surface area is 216 Å². The predicted octanol–water partition coefficient (Wildman–Crippen LogP) is 7.24. The summed E-state index contributed by atoms with van der Waals surface area (Å²) >= 11 is 10.8. The van der Waals surface area contributed by atoms with E-state index < -0.39 is 23.5 Å². The number of hydrogen-bond acceptors (Lipinski definition) is 6. The van der Waals surface area contributed by atoms with Crippen molar-refractivity contribution in [3.8, 4) is 0 Å². The number of benzene rings is 3. The van der Waals surface area contributed by atoms with Crippen LogP contribution in [0.1, 0.15) is 22.2 Å². The molecule has 0 radical (unpaired) electrons. The van der Waals surface area contributed by atoms with Gasteiger partial charge in [0.15, 0.2) is 16.7 Å². The summed E-state index contributed by atoms with van der Waals surface area (Å²) in [5, 5.41) is 12.6. The van der Waals surface area contributed by atoms with Crippen LogP contribution in [-0.2, 0) is 4.79 Å². The number of anilines is 1. The van der Waals surface area contributed by atoms with Crippen molar-refractivity contribution in [2.75, 3.05) is 4.90 Å². The fourth-order valence-corrected chi connectivity index (χ4v) is 5.74. The third-order valence-corrected chi connectivity index (χ3v) is 7.61. The van der Waals surface area contributed by atoms with Gasteiger partial charge in [-0.25, -0.2) is 4.98 Å². The van der Waals surface area contributed by atoms with E-state index >= 15 is 0 Å². The molecule has 0 bridgehead atoms. The van der Waals surface area contributed by atoms with Crippen LogP contribution in [0.2, 0.25) is 5.02 Å². The number of halogens is 2. The number of carbonyl (C=O) groups excluding carboxylic acids is 2. The van der Waals surface area contributed by atoms with Crippen LogP contribution in [-0.4, -0.2) is 21.8 Å². The van der Waals surface area contributed by atoms with Gasteiger partial charge < -0.3 is 9.52 Å². The zero-order valence-electron chi connectivity index (χ0n) is 17.7. The molecule has 0 saturated heterocycles. The molecule has 6 nitrogen and oxygen atoms in total. The first-order chi connectivity index (χ1) is 16.9. The van der Waals surface area contributed by atoms with Gasteiger partial charge in [0.05, 0.1) is 21.8 Å². The van der Waals surface area contributed by atoms with Crippen LogP contribution in [0.25, 0.3) is 21.2 Å². The molecular formula is C26H14BrClN2O4S. The number of thiazole rings is 1. The third-order valence-electron chi connectivity index (χ3n) is 5.83. The molecular weight excluding hydrogens is 552 g/mol. The minimum atomic E-state index is -0.896. The Kier molecular flexibility index (Phi) is 5.25. The largest absolute Gasteiger partial charge is 0.503 e. The molecule has 0 fully saturated rings. The lowest BCUT2D eigenvalue weighted by molar-refractivity contribution is -0.117. The average molecular weight is 566 g/mol. The van der Waals surface area contributed by atoms with Gasteiger partial charge in [0.25, 0.3) is 5.91 Å². The molecule has 9 heteroatoms. The van der Waals surface area contributed by atoms with Crippen LogP contribution in [0.15, 0.2) is 93.0 Å². The summed E-state index contributed by atoms with van der Waals surface area (Å²) in [6.45, 7) is 0. The Morgan fingerprint density at radius 1 is 1.09 bits per heavy atom. The quantitative estimate of drug-likeness (QED) is 0.232. The van der Waals surface area contributed by atoms with Gasteiger partial charge in [-0.05, 0) is 48.0 Å². The highest BCUT2D eigenvalue weighted by atomic mass is 79.9. The Morgan fingerprint density at radius 3 is 2.63 bits per heavy atom. The van der Waals surface area contributed by atoms with E-state index in [1.807, 2.05) is 30.3 Å². The maximum absolute atomic E-state index is 13.7. The summed E-state index contributed by atoms with van der Waals surface area (Å²) in [5.74, 6) is -1.85. The first-order valence-electron chi connectivity index (χ1n) is 10.5. The zero-order chi connectivity index (χ0) is 24.3. The second-order valence-electron chi connectivity index (χ2n) is 7.98. The Balaban J connectivity index is 1.51. The number of Topliss-reactive ketones (excluding diaryl/α,β-unsaturated/α-hetero) is 1. The Morgan fingerprint density at radius 2 is 1.86 bits per heavy atom. The first kappa shape index (κ1) is 22.0. The SMILES string of the molecule is O=C(C1=C(O)C(=O)N(c2nc3ccc(Cl)cc3s2)C1c1ccc(Br)cc1)c1cc2ccccc2o1. The molecule has 3 aromatic carbocycles. The van der Waals surface area contributed by atoms with E-state index in [1.165, 1.54) is 16.2 Å². The van der Waals surface area contributed by atoms with Crippen molar-refractivity contribution in [3.63, 3.8) is 0 Å². The summed E-state index contributed by atoms with van der Waals surface area (Å²) in [5.41, 5.74) is 1.78. The second-order valence-corrected chi connectivity index (χ2v) is 10.3. The van der Waals surface area contributed by atoms with E-state index in [0.717, 1.165) is 14.6 Å². The predicted molar refractivity (Wildman–Crippen MR) is 139 cm³/mol. The average Bonchev–Trinajstić information content (AvgIpc) is 3.53. The van der Waals surface area contributed by atoms with Gasteiger partial charge in [0.1, 0.15) is 5.58 Å². The van der Waals surface area contributed by atoms with Crippen LogP contribution >= 0.6 is 38.9 Å². The van der Waals surface area contributed by atoms with E-state index in [4.69, 9.17) is 16.0 Å². The van der Waals surface area contributed by atoms with Crippen LogP contribution in [0.5, 0.6) is 0 Å². The topological polar surface area (TPSA) is 83.6 Å². The molecule has 6 rings (SSSR count). The zero-order valence-corrected chi connectivity index (χ0v) is 20.9. The summed E-state index contributed by atoms with van der Waals surface area (Å²) in [7, 11) is 0. The molecule has 0 saturated carbocycles. The van der Waals surface area contributed by atoms with Gasteiger partial charge in [-0.3, -0.25) is 14.5 Å². The number of ketones is 1. The standard InChI is InChI=1S/C26H14BrClN2O4S/c27-15-7-5-13(6-8-15)22-21(23(31)19-11-14-3-1-2-4-18(14)34-19)24(32)25(33)30(22)26-29-17-10-9-16(28)12-20(17)35-26/h1-12,22,32H. The number of fused-ring (bicyclic) bond motifs is 2. The molecule has 1 unspecified atom stereocenters. The van der Waals surface area contributed by atoms with Gasteiger partial charge in [-0.15, -0.1) is 0 Å². The van der Waals surface area contributed by atoms with Crippen LogP contribution < -0.4 is 4.90 Å². The summed E-state index contributed by atoms with van der Waals surface area (Å²) in [6, 6.07) is 20.4.